The molecule has 1 atom stereocenters. The Bertz CT molecular complexity index is 918. The minimum absolute atomic E-state index is 0.0396. The predicted octanol–water partition coefficient (Wildman–Crippen LogP) is 3.21. The highest BCUT2D eigenvalue weighted by Gasteiger charge is 2.32. The van der Waals surface area contributed by atoms with Crippen molar-refractivity contribution in [2.75, 3.05) is 6.54 Å². The van der Waals surface area contributed by atoms with E-state index >= 15 is 0 Å². The molecule has 0 spiro atoms. The number of hydrogen-bond donors (Lipinski definition) is 2. The van der Waals surface area contributed by atoms with Crippen molar-refractivity contribution in [3.05, 3.63) is 82.9 Å². The second-order valence-corrected chi connectivity index (χ2v) is 6.41. The van der Waals surface area contributed by atoms with E-state index in [0.29, 0.717) is 18.7 Å². The molecule has 4 rings (SSSR count). The van der Waals surface area contributed by atoms with Gasteiger partial charge in [-0.15, -0.1) is 0 Å². The number of aromatic hydroxyl groups is 1. The van der Waals surface area contributed by atoms with Gasteiger partial charge in [-0.25, -0.2) is 4.98 Å². The molecule has 0 radical (unpaired) electrons. The molecule has 0 bridgehead atoms. The summed E-state index contributed by atoms with van der Waals surface area (Å²) >= 11 is 0. The van der Waals surface area contributed by atoms with E-state index in [2.05, 4.69) is 22.1 Å². The Morgan fingerprint density at radius 1 is 1.24 bits per heavy atom. The zero-order valence-electron chi connectivity index (χ0n) is 13.9. The third-order valence-corrected chi connectivity index (χ3v) is 4.77. The van der Waals surface area contributed by atoms with Gasteiger partial charge in [-0.3, -0.25) is 4.79 Å². The quantitative estimate of drug-likeness (QED) is 0.756. The SMILES string of the molecule is Cc1ccc(O)cc1C(=O)N1Cc2[nH]cnc2C(c2ccccc2)C1. The summed E-state index contributed by atoms with van der Waals surface area (Å²) in [5, 5.41) is 9.75. The largest absolute Gasteiger partial charge is 0.508 e. The fraction of sp³-hybridized carbons (Fsp3) is 0.200. The highest BCUT2D eigenvalue weighted by atomic mass is 16.3. The van der Waals surface area contributed by atoms with Gasteiger partial charge < -0.3 is 15.0 Å². The number of imidazole rings is 1. The molecule has 0 fully saturated rings. The second-order valence-electron chi connectivity index (χ2n) is 6.41. The van der Waals surface area contributed by atoms with Crippen molar-refractivity contribution in [1.82, 2.24) is 14.9 Å². The molecule has 1 unspecified atom stereocenters. The summed E-state index contributed by atoms with van der Waals surface area (Å²) in [6.45, 7) is 2.94. The molecular formula is C20H19N3O2. The average Bonchev–Trinajstić information content (AvgIpc) is 3.11. The number of carbonyl (C=O) groups is 1. The molecule has 1 aromatic heterocycles. The lowest BCUT2D eigenvalue weighted by Gasteiger charge is -2.32. The number of amides is 1. The van der Waals surface area contributed by atoms with Crippen molar-refractivity contribution in [3.63, 3.8) is 0 Å². The minimum Gasteiger partial charge on any atom is -0.508 e. The molecule has 1 aliphatic rings. The maximum atomic E-state index is 13.1. The van der Waals surface area contributed by atoms with Gasteiger partial charge in [0.25, 0.3) is 5.91 Å². The summed E-state index contributed by atoms with van der Waals surface area (Å²) in [5.41, 5.74) is 4.50. The van der Waals surface area contributed by atoms with Gasteiger partial charge in [0, 0.05) is 18.0 Å². The van der Waals surface area contributed by atoms with E-state index < -0.39 is 0 Å². The molecular weight excluding hydrogens is 314 g/mol. The van der Waals surface area contributed by atoms with Crippen molar-refractivity contribution in [3.8, 4) is 5.75 Å². The lowest BCUT2D eigenvalue weighted by Crippen LogP contribution is -2.39. The van der Waals surface area contributed by atoms with Gasteiger partial charge in [0.15, 0.2) is 0 Å². The maximum absolute atomic E-state index is 13.1. The number of aryl methyl sites for hydroxylation is 1. The molecule has 0 aliphatic carbocycles. The van der Waals surface area contributed by atoms with Crippen LogP contribution < -0.4 is 0 Å². The predicted molar refractivity (Wildman–Crippen MR) is 94.5 cm³/mol. The number of H-pyrrole nitrogens is 1. The second kappa shape index (κ2) is 6.09. The molecule has 2 N–H and O–H groups in total. The molecule has 1 amide bonds. The third-order valence-electron chi connectivity index (χ3n) is 4.77. The van der Waals surface area contributed by atoms with Gasteiger partial charge in [-0.1, -0.05) is 36.4 Å². The van der Waals surface area contributed by atoms with Crippen LogP contribution in [0.3, 0.4) is 0 Å². The Balaban J connectivity index is 1.71. The third kappa shape index (κ3) is 2.78. The minimum atomic E-state index is -0.0745. The number of nitrogens with zero attached hydrogens (tertiary/aromatic N) is 2. The van der Waals surface area contributed by atoms with Crippen molar-refractivity contribution < 1.29 is 9.90 Å². The number of nitrogens with one attached hydrogen (secondary N) is 1. The van der Waals surface area contributed by atoms with Gasteiger partial charge in [0.2, 0.25) is 0 Å². The van der Waals surface area contributed by atoms with Crippen LogP contribution in [0.2, 0.25) is 0 Å². The van der Waals surface area contributed by atoms with E-state index in [1.165, 1.54) is 6.07 Å². The standard InChI is InChI=1S/C20H19N3O2/c1-13-7-8-15(24)9-16(13)20(25)23-10-17(14-5-3-2-4-6-14)19-18(11-23)21-12-22-19/h2-9,12,17,24H,10-11H2,1H3,(H,21,22). The van der Waals surface area contributed by atoms with E-state index in [1.54, 1.807) is 18.5 Å². The Morgan fingerprint density at radius 2 is 2.04 bits per heavy atom. The Morgan fingerprint density at radius 3 is 2.84 bits per heavy atom. The normalized spacial score (nSPS) is 16.5. The summed E-state index contributed by atoms with van der Waals surface area (Å²) in [4.78, 5) is 22.5. The number of carbonyl (C=O) groups excluding carboxylic acids is 1. The molecule has 1 aliphatic heterocycles. The van der Waals surface area contributed by atoms with E-state index in [4.69, 9.17) is 0 Å². The smallest absolute Gasteiger partial charge is 0.254 e. The summed E-state index contributed by atoms with van der Waals surface area (Å²) < 4.78 is 0. The van der Waals surface area contributed by atoms with Crippen molar-refractivity contribution in [2.24, 2.45) is 0 Å². The fourth-order valence-corrected chi connectivity index (χ4v) is 3.43. The molecule has 126 valence electrons. The molecule has 5 heteroatoms. The van der Waals surface area contributed by atoms with E-state index in [0.717, 1.165) is 22.5 Å². The van der Waals surface area contributed by atoms with Crippen LogP contribution >= 0.6 is 0 Å². The molecule has 5 nitrogen and oxygen atoms in total. The fourth-order valence-electron chi connectivity index (χ4n) is 3.43. The zero-order chi connectivity index (χ0) is 17.4. The number of aromatic amines is 1. The Labute approximate surface area is 146 Å². The summed E-state index contributed by atoms with van der Waals surface area (Å²) in [7, 11) is 0. The van der Waals surface area contributed by atoms with Crippen molar-refractivity contribution in [2.45, 2.75) is 19.4 Å². The van der Waals surface area contributed by atoms with Crippen molar-refractivity contribution in [1.29, 1.82) is 0 Å². The topological polar surface area (TPSA) is 69.2 Å². The van der Waals surface area contributed by atoms with Gasteiger partial charge >= 0.3 is 0 Å². The number of hydrogen-bond acceptors (Lipinski definition) is 3. The molecule has 0 saturated heterocycles. The van der Waals surface area contributed by atoms with E-state index in [9.17, 15) is 9.90 Å². The summed E-state index contributed by atoms with van der Waals surface area (Å²) in [6, 6.07) is 15.0. The molecule has 3 aromatic rings. The molecule has 2 heterocycles. The first-order valence-corrected chi connectivity index (χ1v) is 8.29. The first-order valence-electron chi connectivity index (χ1n) is 8.29. The van der Waals surface area contributed by atoms with Crippen LogP contribution in [0.4, 0.5) is 0 Å². The molecule has 25 heavy (non-hydrogen) atoms. The van der Waals surface area contributed by atoms with Crippen LogP contribution in [0.5, 0.6) is 5.75 Å². The highest BCUT2D eigenvalue weighted by molar-refractivity contribution is 5.96. The number of phenolic OH excluding ortho intramolecular Hbond substituents is 1. The number of benzene rings is 2. The van der Waals surface area contributed by atoms with Crippen LogP contribution in [0.15, 0.2) is 54.9 Å². The first kappa shape index (κ1) is 15.4. The highest BCUT2D eigenvalue weighted by Crippen LogP contribution is 2.32. The van der Waals surface area contributed by atoms with Gasteiger partial charge in [-0.2, -0.15) is 0 Å². The zero-order valence-corrected chi connectivity index (χ0v) is 13.9. The number of rotatable bonds is 2. The van der Waals surface area contributed by atoms with Crippen LogP contribution in [-0.2, 0) is 6.54 Å². The Kier molecular flexibility index (Phi) is 3.76. The van der Waals surface area contributed by atoms with Crippen LogP contribution in [0, 0.1) is 6.92 Å². The maximum Gasteiger partial charge on any atom is 0.254 e. The summed E-state index contributed by atoms with van der Waals surface area (Å²) in [5.74, 6) is 0.0696. The van der Waals surface area contributed by atoms with Crippen molar-refractivity contribution >= 4 is 5.91 Å². The van der Waals surface area contributed by atoms with E-state index in [-0.39, 0.29) is 17.6 Å². The van der Waals surface area contributed by atoms with Crippen LogP contribution in [0.25, 0.3) is 0 Å². The lowest BCUT2D eigenvalue weighted by atomic mass is 9.90. The Hall–Kier alpha value is -3.08. The van der Waals surface area contributed by atoms with Gasteiger partial charge in [0.1, 0.15) is 5.75 Å². The summed E-state index contributed by atoms with van der Waals surface area (Å²) in [6.07, 6.45) is 1.69. The van der Waals surface area contributed by atoms with Crippen LogP contribution in [-0.4, -0.2) is 32.4 Å². The number of phenols is 1. The van der Waals surface area contributed by atoms with Gasteiger partial charge in [0.05, 0.1) is 24.3 Å². The van der Waals surface area contributed by atoms with E-state index in [1.807, 2.05) is 30.0 Å². The monoisotopic (exact) mass is 333 g/mol. The first-order chi connectivity index (χ1) is 12.1. The lowest BCUT2D eigenvalue weighted by molar-refractivity contribution is 0.0720. The number of aromatic nitrogens is 2. The van der Waals surface area contributed by atoms with Crippen LogP contribution in [0.1, 0.15) is 38.8 Å². The average molecular weight is 333 g/mol. The molecule has 2 aromatic carbocycles. The number of fused-ring (bicyclic) bond motifs is 1. The van der Waals surface area contributed by atoms with Gasteiger partial charge in [-0.05, 0) is 30.2 Å². The molecule has 0 saturated carbocycles.